The summed E-state index contributed by atoms with van der Waals surface area (Å²) in [7, 11) is 0. The maximum Gasteiger partial charge on any atom is 0.330 e. The van der Waals surface area contributed by atoms with Crippen molar-refractivity contribution in [1.29, 1.82) is 0 Å². The number of hydrogen-bond donors (Lipinski definition) is 2. The largest absolute Gasteiger partial charge is 0.478 e. The van der Waals surface area contributed by atoms with Gasteiger partial charge < -0.3 is 10.8 Å². The van der Waals surface area contributed by atoms with Crippen LogP contribution in [0, 0.1) is 17.3 Å². The van der Waals surface area contributed by atoms with E-state index in [1.54, 1.807) is 0 Å². The monoisotopic (exact) mass is 517 g/mol. The number of unbranched alkanes of at least 4 members (excludes halogenated alkanes) is 1. The fourth-order valence-corrected chi connectivity index (χ4v) is 4.64. The van der Waals surface area contributed by atoms with E-state index in [1.165, 1.54) is 44.1 Å². The number of aliphatic carboxylic acids is 1. The molecule has 0 saturated heterocycles. The van der Waals surface area contributed by atoms with E-state index in [1.807, 2.05) is 34.6 Å². The fraction of sp³-hybridized carbons (Fsp3) is 0.821. The van der Waals surface area contributed by atoms with Crippen molar-refractivity contribution in [2.75, 3.05) is 0 Å². The molecule has 3 nitrogen and oxygen atoms in total. The van der Waals surface area contributed by atoms with Gasteiger partial charge in [0.25, 0.3) is 0 Å². The predicted octanol–water partition coefficient (Wildman–Crippen LogP) is 9.50. The number of fused-ring (bicyclic) bond motifs is 1. The Balaban J connectivity index is -0.000000405. The van der Waals surface area contributed by atoms with Gasteiger partial charge in [-0.1, -0.05) is 105 Å². The average molecular weight is 519 g/mol. The summed E-state index contributed by atoms with van der Waals surface area (Å²) < 4.78 is 0. The van der Waals surface area contributed by atoms with Crippen LogP contribution in [0.3, 0.4) is 0 Å². The Bertz CT molecular complexity index is 530. The first-order chi connectivity index (χ1) is 15.0. The minimum absolute atomic E-state index is 0.0197. The molecule has 0 aromatic rings. The molecule has 2 fully saturated rings. The lowest BCUT2D eigenvalue weighted by molar-refractivity contribution is -0.132. The van der Waals surface area contributed by atoms with Crippen molar-refractivity contribution in [2.45, 2.75) is 133 Å². The van der Waals surface area contributed by atoms with Crippen LogP contribution in [-0.2, 0) is 4.79 Å². The minimum atomic E-state index is -0.872. The van der Waals surface area contributed by atoms with Crippen molar-refractivity contribution < 1.29 is 9.90 Å². The molecular formula is C28H56BrNO2. The van der Waals surface area contributed by atoms with Crippen molar-refractivity contribution in [3.63, 3.8) is 0 Å². The quantitative estimate of drug-likeness (QED) is 0.356. The zero-order valence-corrected chi connectivity index (χ0v) is 24.7. The van der Waals surface area contributed by atoms with Crippen LogP contribution in [0.15, 0.2) is 22.7 Å². The van der Waals surface area contributed by atoms with Gasteiger partial charge in [0.2, 0.25) is 0 Å². The predicted molar refractivity (Wildman–Crippen MR) is 148 cm³/mol. The third kappa shape index (κ3) is 11.5. The Kier molecular flexibility index (Phi) is 22.3. The van der Waals surface area contributed by atoms with E-state index in [0.717, 1.165) is 24.7 Å². The van der Waals surface area contributed by atoms with Gasteiger partial charge in [-0.25, -0.2) is 4.79 Å². The average Bonchev–Trinajstić information content (AvgIpc) is 3.04. The molecule has 0 radical (unpaired) electrons. The van der Waals surface area contributed by atoms with Gasteiger partial charge in [0.05, 0.1) is 0 Å². The van der Waals surface area contributed by atoms with Gasteiger partial charge in [0, 0.05) is 11.1 Å². The van der Waals surface area contributed by atoms with E-state index in [9.17, 15) is 4.79 Å². The second kappa shape index (κ2) is 19.8. The van der Waals surface area contributed by atoms with Gasteiger partial charge in [-0.05, 0) is 72.8 Å². The fourth-order valence-electron chi connectivity index (χ4n) is 4.00. The number of nitrogens with two attached hydrogens (primary N) is 1. The maximum atomic E-state index is 10.1. The molecule has 3 N–H and O–H groups in total. The Labute approximate surface area is 209 Å². The highest BCUT2D eigenvalue weighted by atomic mass is 79.9. The smallest absolute Gasteiger partial charge is 0.330 e. The molecule has 0 heterocycles. The first-order valence-corrected chi connectivity index (χ1v) is 13.9. The van der Waals surface area contributed by atoms with Crippen LogP contribution in [-0.4, -0.2) is 16.6 Å². The maximum absolute atomic E-state index is 10.1. The highest BCUT2D eigenvalue weighted by molar-refractivity contribution is 9.11. The third-order valence-electron chi connectivity index (χ3n) is 6.88. The van der Waals surface area contributed by atoms with E-state index in [0.29, 0.717) is 17.4 Å². The van der Waals surface area contributed by atoms with Crippen LogP contribution in [0.1, 0.15) is 127 Å². The van der Waals surface area contributed by atoms with Gasteiger partial charge in [0.15, 0.2) is 0 Å². The van der Waals surface area contributed by atoms with Crippen molar-refractivity contribution in [3.05, 3.63) is 22.7 Å². The zero-order valence-electron chi connectivity index (χ0n) is 23.1. The lowest BCUT2D eigenvalue weighted by Gasteiger charge is -2.49. The lowest BCUT2D eigenvalue weighted by Crippen LogP contribution is -2.55. The molecule has 2 saturated carbocycles. The van der Waals surface area contributed by atoms with Crippen LogP contribution >= 0.6 is 15.9 Å². The molecule has 192 valence electrons. The molecule has 3 unspecified atom stereocenters. The Morgan fingerprint density at radius 1 is 1.25 bits per heavy atom. The summed E-state index contributed by atoms with van der Waals surface area (Å²) >= 11 is 3.48. The van der Waals surface area contributed by atoms with Gasteiger partial charge >= 0.3 is 5.97 Å². The summed E-state index contributed by atoms with van der Waals surface area (Å²) in [6.45, 7) is 24.8. The summed E-state index contributed by atoms with van der Waals surface area (Å²) in [6.07, 6.45) is 10.1. The molecule has 3 atom stereocenters. The summed E-state index contributed by atoms with van der Waals surface area (Å²) in [5, 5.41) is 8.31. The van der Waals surface area contributed by atoms with Crippen molar-refractivity contribution in [1.82, 2.24) is 0 Å². The van der Waals surface area contributed by atoms with Crippen molar-refractivity contribution in [2.24, 2.45) is 23.0 Å². The molecule has 32 heavy (non-hydrogen) atoms. The number of rotatable bonds is 5. The molecular weight excluding hydrogens is 462 g/mol. The van der Waals surface area contributed by atoms with Crippen LogP contribution in [0.25, 0.3) is 0 Å². The van der Waals surface area contributed by atoms with Crippen molar-refractivity contribution in [3.8, 4) is 0 Å². The van der Waals surface area contributed by atoms with Gasteiger partial charge in [-0.2, -0.15) is 0 Å². The zero-order chi connectivity index (χ0) is 26.0. The number of halogens is 1. The molecule has 0 bridgehead atoms. The second-order valence-electron chi connectivity index (χ2n) is 9.13. The number of hydrogen-bond acceptors (Lipinski definition) is 2. The third-order valence-corrected chi connectivity index (χ3v) is 7.43. The van der Waals surface area contributed by atoms with Crippen LogP contribution in [0.2, 0.25) is 0 Å². The highest BCUT2D eigenvalue weighted by Crippen LogP contribution is 2.58. The number of carbonyl (C=O) groups is 1. The van der Waals surface area contributed by atoms with E-state index in [-0.39, 0.29) is 5.54 Å². The van der Waals surface area contributed by atoms with Crippen LogP contribution in [0.5, 0.6) is 0 Å². The second-order valence-corrected chi connectivity index (χ2v) is 9.59. The molecule has 0 aromatic carbocycles. The normalized spacial score (nSPS) is 26.7. The van der Waals surface area contributed by atoms with Gasteiger partial charge in [-0.3, -0.25) is 0 Å². The summed E-state index contributed by atoms with van der Waals surface area (Å²) in [5.74, 6) is 0.786. The Morgan fingerprint density at radius 3 is 2.12 bits per heavy atom. The summed E-state index contributed by atoms with van der Waals surface area (Å²) in [6, 6.07) is 0. The van der Waals surface area contributed by atoms with Crippen molar-refractivity contribution >= 4 is 21.9 Å². The minimum Gasteiger partial charge on any atom is -0.478 e. The number of carboxylic acid groups (broad SMARTS) is 1. The van der Waals surface area contributed by atoms with Crippen LogP contribution in [0.4, 0.5) is 0 Å². The molecule has 2 rings (SSSR count). The van der Waals surface area contributed by atoms with Gasteiger partial charge in [0.1, 0.15) is 0 Å². The first kappa shape index (κ1) is 36.0. The van der Waals surface area contributed by atoms with E-state index in [2.05, 4.69) is 62.1 Å². The standard InChI is InChI=1S/C12H20BrN.C7H12O2.C5H12.2C2H6/c1-9-5-7-12(14)10(8-13)4-3-6-11(9,12)2;1-3-4-5-6(2)7(8)9;1-4-5(2)3;2*1-2/h8-9H,3-7,14H2,1-2H3;2-5H2,1H3,(H,8,9);5H,4H2,1-3H3;2*1-2H3/b10-8+;;;;. The molecule has 0 aromatic heterocycles. The Morgan fingerprint density at radius 2 is 1.75 bits per heavy atom. The molecule has 0 aliphatic heterocycles. The highest BCUT2D eigenvalue weighted by Gasteiger charge is 2.56. The van der Waals surface area contributed by atoms with Gasteiger partial charge in [-0.15, -0.1) is 0 Å². The summed E-state index contributed by atoms with van der Waals surface area (Å²) in [4.78, 5) is 12.2. The topological polar surface area (TPSA) is 63.3 Å². The van der Waals surface area contributed by atoms with E-state index >= 15 is 0 Å². The molecule has 0 amide bonds. The first-order valence-electron chi connectivity index (χ1n) is 13.0. The lowest BCUT2D eigenvalue weighted by atomic mass is 9.60. The van der Waals surface area contributed by atoms with E-state index < -0.39 is 5.97 Å². The molecule has 4 heteroatoms. The molecule has 2 aliphatic carbocycles. The SMILES string of the molecule is C=C(CCCC)C(=O)O.CC.CC.CC1CCC2(N)/C(=C/Br)CCCC12C.CCC(C)C. The Hall–Kier alpha value is -0.610. The van der Waals surface area contributed by atoms with Crippen LogP contribution < -0.4 is 5.73 Å². The summed E-state index contributed by atoms with van der Waals surface area (Å²) in [5.41, 5.74) is 8.72. The van der Waals surface area contributed by atoms with E-state index in [4.69, 9.17) is 10.8 Å². The molecule has 2 aliphatic rings. The number of carboxylic acids is 1. The molecule has 0 spiro atoms.